The smallest absolute Gasteiger partial charge is 0.312 e. The SMILES string of the molecule is CCCCCCCCCCCCCCCCCCCCOP(OCCCCCCCCCCCCCCCCCCCC)OCCCCCCCCCCCCCCCCCCCC. The second-order valence-electron chi connectivity index (χ2n) is 20.8. The molecule has 3 nitrogen and oxygen atoms in total. The number of hydrogen-bond acceptors (Lipinski definition) is 3. The van der Waals surface area contributed by atoms with Crippen molar-refractivity contribution in [2.45, 2.75) is 367 Å². The molecule has 0 aromatic rings. The fraction of sp³-hybridized carbons (Fsp3) is 1.00. The largest absolute Gasteiger partial charge is 0.332 e. The Kier molecular flexibility index (Phi) is 61.6. The zero-order chi connectivity index (χ0) is 46.0. The summed E-state index contributed by atoms with van der Waals surface area (Å²) < 4.78 is 18.8. The summed E-state index contributed by atoms with van der Waals surface area (Å²) in [6.45, 7) is 9.31. The molecule has 0 aliphatic heterocycles. The molecule has 0 amide bonds. The lowest BCUT2D eigenvalue weighted by Crippen LogP contribution is -2.00. The molecule has 0 radical (unpaired) electrons. The molecule has 0 aromatic carbocycles. The van der Waals surface area contributed by atoms with E-state index in [9.17, 15) is 0 Å². The van der Waals surface area contributed by atoms with Crippen molar-refractivity contribution in [3.05, 3.63) is 0 Å². The van der Waals surface area contributed by atoms with Gasteiger partial charge in [0.15, 0.2) is 0 Å². The van der Waals surface area contributed by atoms with Gasteiger partial charge < -0.3 is 13.6 Å². The molecular weight excluding hydrogens is 800 g/mol. The van der Waals surface area contributed by atoms with Crippen LogP contribution in [0.2, 0.25) is 0 Å². The summed E-state index contributed by atoms with van der Waals surface area (Å²) in [6.07, 6.45) is 76.2. The van der Waals surface area contributed by atoms with Crippen LogP contribution < -0.4 is 0 Å². The van der Waals surface area contributed by atoms with Gasteiger partial charge in [-0.3, -0.25) is 0 Å². The van der Waals surface area contributed by atoms with Crippen LogP contribution in [0.25, 0.3) is 0 Å². The highest BCUT2D eigenvalue weighted by Crippen LogP contribution is 2.40. The van der Waals surface area contributed by atoms with Crippen LogP contribution >= 0.6 is 8.60 Å². The molecule has 0 bridgehead atoms. The van der Waals surface area contributed by atoms with Gasteiger partial charge in [-0.15, -0.1) is 0 Å². The van der Waals surface area contributed by atoms with Crippen LogP contribution in [0.15, 0.2) is 0 Å². The van der Waals surface area contributed by atoms with Crippen LogP contribution in [0.5, 0.6) is 0 Å². The first-order valence-corrected chi connectivity index (χ1v) is 31.6. The summed E-state index contributed by atoms with van der Waals surface area (Å²) in [4.78, 5) is 0. The van der Waals surface area contributed by atoms with Gasteiger partial charge >= 0.3 is 8.60 Å². The monoisotopic (exact) mass is 923 g/mol. The average Bonchev–Trinajstić information content (AvgIpc) is 3.30. The maximum Gasteiger partial charge on any atom is 0.332 e. The summed E-state index contributed by atoms with van der Waals surface area (Å²) in [5.74, 6) is 0. The van der Waals surface area contributed by atoms with E-state index < -0.39 is 8.60 Å². The number of rotatable bonds is 60. The third-order valence-corrected chi connectivity index (χ3v) is 15.3. The third-order valence-electron chi connectivity index (χ3n) is 14.1. The molecule has 0 spiro atoms. The molecule has 0 fully saturated rings. The van der Waals surface area contributed by atoms with Crippen LogP contribution in [0, 0.1) is 0 Å². The van der Waals surface area contributed by atoms with Gasteiger partial charge in [0.25, 0.3) is 0 Å². The van der Waals surface area contributed by atoms with Crippen molar-refractivity contribution < 1.29 is 13.6 Å². The molecule has 0 saturated carbocycles. The van der Waals surface area contributed by atoms with E-state index in [1.807, 2.05) is 0 Å². The zero-order valence-corrected chi connectivity index (χ0v) is 45.9. The maximum absolute atomic E-state index is 6.27. The Morgan fingerprint density at radius 1 is 0.156 bits per heavy atom. The molecule has 0 aliphatic rings. The molecule has 0 unspecified atom stereocenters. The minimum absolute atomic E-state index is 0.794. The Morgan fingerprint density at radius 3 is 0.391 bits per heavy atom. The molecule has 0 saturated heterocycles. The van der Waals surface area contributed by atoms with Crippen molar-refractivity contribution in [2.24, 2.45) is 0 Å². The van der Waals surface area contributed by atoms with Crippen molar-refractivity contribution in [3.63, 3.8) is 0 Å². The molecule has 0 aromatic heterocycles. The van der Waals surface area contributed by atoms with Gasteiger partial charge in [0, 0.05) is 0 Å². The first-order chi connectivity index (χ1) is 31.8. The van der Waals surface area contributed by atoms with Gasteiger partial charge in [-0.2, -0.15) is 0 Å². The molecule has 4 heteroatoms. The van der Waals surface area contributed by atoms with Gasteiger partial charge in [0.1, 0.15) is 0 Å². The van der Waals surface area contributed by atoms with Gasteiger partial charge in [-0.05, 0) is 19.3 Å². The lowest BCUT2D eigenvalue weighted by molar-refractivity contribution is 0.153. The van der Waals surface area contributed by atoms with E-state index in [2.05, 4.69) is 20.8 Å². The summed E-state index contributed by atoms with van der Waals surface area (Å²) in [5, 5.41) is 0. The Balaban J connectivity index is 3.97. The lowest BCUT2D eigenvalue weighted by atomic mass is 10.0. The van der Waals surface area contributed by atoms with E-state index in [0.717, 1.165) is 39.1 Å². The van der Waals surface area contributed by atoms with E-state index in [1.54, 1.807) is 0 Å². The molecule has 386 valence electrons. The predicted octanol–water partition coefficient (Wildman–Crippen LogP) is 23.4. The molecule has 0 atom stereocenters. The zero-order valence-electron chi connectivity index (χ0n) is 45.0. The van der Waals surface area contributed by atoms with E-state index in [1.165, 1.54) is 327 Å². The number of unbranched alkanes of at least 4 members (excludes halogenated alkanes) is 51. The quantitative estimate of drug-likeness (QED) is 0.0449. The van der Waals surface area contributed by atoms with Crippen molar-refractivity contribution >= 4 is 8.60 Å². The van der Waals surface area contributed by atoms with Gasteiger partial charge in [0.05, 0.1) is 19.8 Å². The highest BCUT2D eigenvalue weighted by atomic mass is 31.2. The van der Waals surface area contributed by atoms with Crippen LogP contribution in [0.1, 0.15) is 367 Å². The third kappa shape index (κ3) is 58.4. The Labute approximate surface area is 407 Å². The second kappa shape index (κ2) is 61.3. The predicted molar refractivity (Wildman–Crippen MR) is 291 cm³/mol. The summed E-state index contributed by atoms with van der Waals surface area (Å²) >= 11 is 0. The fourth-order valence-electron chi connectivity index (χ4n) is 9.54. The second-order valence-corrected chi connectivity index (χ2v) is 22.0. The normalized spacial score (nSPS) is 11.8. The molecule has 0 heterocycles. The van der Waals surface area contributed by atoms with Crippen LogP contribution in [0.3, 0.4) is 0 Å². The molecule has 0 N–H and O–H groups in total. The minimum Gasteiger partial charge on any atom is -0.312 e. The lowest BCUT2D eigenvalue weighted by Gasteiger charge is -2.17. The minimum atomic E-state index is -1.20. The maximum atomic E-state index is 6.27. The first kappa shape index (κ1) is 64.3. The molecular formula is C60H123O3P. The standard InChI is InChI=1S/C60H123O3P/c1-4-7-10-13-16-19-22-25-28-31-34-37-40-43-46-49-52-55-58-61-64(62-59-56-53-50-47-44-41-38-35-32-29-26-23-20-17-14-11-8-5-2)63-60-57-54-51-48-45-42-39-36-33-30-27-24-21-18-15-12-9-6-3/h4-60H2,1-3H3. The topological polar surface area (TPSA) is 27.7 Å². The van der Waals surface area contributed by atoms with Gasteiger partial charge in [-0.25, -0.2) is 0 Å². The Bertz CT molecular complexity index is 678. The highest BCUT2D eigenvalue weighted by molar-refractivity contribution is 7.41. The summed E-state index contributed by atoms with van der Waals surface area (Å²) in [5.41, 5.74) is 0. The molecule has 0 aliphatic carbocycles. The van der Waals surface area contributed by atoms with Crippen molar-refractivity contribution in [1.29, 1.82) is 0 Å². The van der Waals surface area contributed by atoms with Crippen molar-refractivity contribution in [3.8, 4) is 0 Å². The Hall–Kier alpha value is 0.310. The Morgan fingerprint density at radius 2 is 0.266 bits per heavy atom. The molecule has 64 heavy (non-hydrogen) atoms. The van der Waals surface area contributed by atoms with Crippen molar-refractivity contribution in [1.82, 2.24) is 0 Å². The fourth-order valence-corrected chi connectivity index (χ4v) is 10.6. The van der Waals surface area contributed by atoms with E-state index in [4.69, 9.17) is 13.6 Å². The molecule has 0 rings (SSSR count). The number of hydrogen-bond donors (Lipinski definition) is 0. The average molecular weight is 924 g/mol. The van der Waals surface area contributed by atoms with E-state index in [-0.39, 0.29) is 0 Å². The van der Waals surface area contributed by atoms with Crippen LogP contribution in [0.4, 0.5) is 0 Å². The highest BCUT2D eigenvalue weighted by Gasteiger charge is 2.12. The van der Waals surface area contributed by atoms with Gasteiger partial charge in [0.2, 0.25) is 0 Å². The summed E-state index contributed by atoms with van der Waals surface area (Å²) in [7, 11) is -1.20. The van der Waals surface area contributed by atoms with E-state index in [0.29, 0.717) is 0 Å². The van der Waals surface area contributed by atoms with Crippen molar-refractivity contribution in [2.75, 3.05) is 19.8 Å². The van der Waals surface area contributed by atoms with E-state index >= 15 is 0 Å². The first-order valence-electron chi connectivity index (χ1n) is 30.5. The van der Waals surface area contributed by atoms with Crippen LogP contribution in [-0.2, 0) is 13.6 Å². The summed E-state index contributed by atoms with van der Waals surface area (Å²) in [6, 6.07) is 0. The van der Waals surface area contributed by atoms with Crippen LogP contribution in [-0.4, -0.2) is 19.8 Å². The van der Waals surface area contributed by atoms with Gasteiger partial charge in [-0.1, -0.05) is 348 Å².